The molecular formula is C20H32NO7P. The van der Waals surface area contributed by atoms with Gasteiger partial charge in [0.1, 0.15) is 5.75 Å². The summed E-state index contributed by atoms with van der Waals surface area (Å²) in [5.74, 6) is -0.212. The molecule has 1 N–H and O–H groups in total. The van der Waals surface area contributed by atoms with Gasteiger partial charge in [-0.1, -0.05) is 44.7 Å². The van der Waals surface area contributed by atoms with Crippen LogP contribution in [-0.4, -0.2) is 39.2 Å². The summed E-state index contributed by atoms with van der Waals surface area (Å²) in [6, 6.07) is 6.52. The van der Waals surface area contributed by atoms with Crippen molar-refractivity contribution in [1.82, 2.24) is 5.32 Å². The molecule has 1 aromatic carbocycles. The van der Waals surface area contributed by atoms with E-state index >= 15 is 0 Å². The van der Waals surface area contributed by atoms with Crippen LogP contribution >= 0.6 is 7.82 Å². The maximum atomic E-state index is 12.6. The smallest absolute Gasteiger partial charge is 0.469 e. The van der Waals surface area contributed by atoms with Gasteiger partial charge >= 0.3 is 13.8 Å². The lowest BCUT2D eigenvalue weighted by Gasteiger charge is -2.17. The van der Waals surface area contributed by atoms with Crippen LogP contribution in [0.5, 0.6) is 5.75 Å². The largest absolute Gasteiger partial charge is 0.529 e. The van der Waals surface area contributed by atoms with Gasteiger partial charge in [0.25, 0.3) is 0 Å². The zero-order valence-electron chi connectivity index (χ0n) is 17.5. The maximum Gasteiger partial charge on any atom is 0.529 e. The molecule has 0 bridgehead atoms. The lowest BCUT2D eigenvalue weighted by molar-refractivity contribution is -0.139. The Morgan fingerprint density at radius 2 is 1.86 bits per heavy atom. The van der Waals surface area contributed by atoms with Crippen LogP contribution in [0, 0.1) is 0 Å². The summed E-state index contributed by atoms with van der Waals surface area (Å²) in [4.78, 5) is 23.1. The monoisotopic (exact) mass is 429 g/mol. The van der Waals surface area contributed by atoms with Crippen molar-refractivity contribution in [2.75, 3.05) is 27.4 Å². The van der Waals surface area contributed by atoms with Crippen molar-refractivity contribution in [1.29, 1.82) is 0 Å². The third-order valence-corrected chi connectivity index (χ3v) is 5.48. The molecule has 1 unspecified atom stereocenters. The van der Waals surface area contributed by atoms with Crippen molar-refractivity contribution in [3.63, 3.8) is 0 Å². The Bertz CT molecular complexity index is 681. The molecule has 8 nitrogen and oxygen atoms in total. The molecule has 0 aliphatic heterocycles. The fourth-order valence-corrected chi connectivity index (χ4v) is 3.44. The van der Waals surface area contributed by atoms with E-state index in [1.54, 1.807) is 24.3 Å². The number of phosphoric acid groups is 1. The zero-order valence-corrected chi connectivity index (χ0v) is 18.4. The maximum absolute atomic E-state index is 12.6. The summed E-state index contributed by atoms with van der Waals surface area (Å²) < 4.78 is 32.7. The van der Waals surface area contributed by atoms with Crippen molar-refractivity contribution < 1.29 is 32.5 Å². The number of rotatable bonds is 15. The molecule has 29 heavy (non-hydrogen) atoms. The van der Waals surface area contributed by atoms with Gasteiger partial charge in [-0.25, -0.2) is 4.57 Å². The van der Waals surface area contributed by atoms with Gasteiger partial charge < -0.3 is 14.6 Å². The van der Waals surface area contributed by atoms with E-state index in [1.807, 2.05) is 0 Å². The molecule has 1 aromatic rings. The summed E-state index contributed by atoms with van der Waals surface area (Å²) >= 11 is 0. The van der Waals surface area contributed by atoms with Crippen molar-refractivity contribution >= 4 is 19.7 Å². The third kappa shape index (κ3) is 11.0. The number of benzene rings is 1. The number of amides is 1. The first-order chi connectivity index (χ1) is 13.9. The molecule has 0 spiro atoms. The number of phosphoric ester groups is 1. The Hall–Kier alpha value is -1.89. The quantitative estimate of drug-likeness (QED) is 0.255. The number of esters is 1. The fourth-order valence-electron chi connectivity index (χ4n) is 2.52. The van der Waals surface area contributed by atoms with Gasteiger partial charge in [0.15, 0.2) is 0 Å². The summed E-state index contributed by atoms with van der Waals surface area (Å²) in [7, 11) is -1.32. The highest BCUT2D eigenvalue weighted by Gasteiger charge is 2.27. The van der Waals surface area contributed by atoms with Gasteiger partial charge in [-0.2, -0.15) is 0 Å². The topological polar surface area (TPSA) is 100 Å². The first kappa shape index (κ1) is 25.1. The molecule has 0 aliphatic rings. The molecule has 0 saturated carbocycles. The van der Waals surface area contributed by atoms with Gasteiger partial charge in [-0.05, 0) is 24.1 Å². The standard InChI is InChI=1S/C20H32NO7P/c1-4-5-6-7-8-12-19(22)21-13-14-27-29(24,26-3)28-18-11-9-10-17(15-18)16-20(23)25-2/h9-11,15H,4-8,12-14,16H2,1-3H3,(H,21,22). The molecule has 0 aliphatic carbocycles. The molecular weight excluding hydrogens is 397 g/mol. The Balaban J connectivity index is 2.40. The first-order valence-electron chi connectivity index (χ1n) is 9.84. The minimum absolute atomic E-state index is 0.0193. The fraction of sp³-hybridized carbons (Fsp3) is 0.600. The number of hydrogen-bond acceptors (Lipinski definition) is 7. The SMILES string of the molecule is CCCCCCCC(=O)NCCOP(=O)(OC)Oc1cccc(CC(=O)OC)c1. The first-order valence-corrected chi connectivity index (χ1v) is 11.3. The van der Waals surface area contributed by atoms with E-state index in [0.717, 1.165) is 19.3 Å². The normalized spacial score (nSPS) is 12.8. The molecule has 1 atom stereocenters. The summed E-state index contributed by atoms with van der Waals surface area (Å²) in [6.45, 7) is 2.33. The molecule has 0 aromatic heterocycles. The zero-order chi connectivity index (χ0) is 21.5. The molecule has 0 heterocycles. The van der Waals surface area contributed by atoms with E-state index in [4.69, 9.17) is 13.6 Å². The van der Waals surface area contributed by atoms with Gasteiger partial charge in [-0.3, -0.25) is 18.6 Å². The van der Waals surface area contributed by atoms with Crippen molar-refractivity contribution in [3.05, 3.63) is 29.8 Å². The van der Waals surface area contributed by atoms with Gasteiger partial charge in [0, 0.05) is 20.1 Å². The number of carbonyl (C=O) groups is 2. The van der Waals surface area contributed by atoms with Gasteiger partial charge in [0.2, 0.25) is 5.91 Å². The minimum Gasteiger partial charge on any atom is -0.469 e. The van der Waals surface area contributed by atoms with E-state index in [9.17, 15) is 14.2 Å². The molecule has 0 radical (unpaired) electrons. The average molecular weight is 429 g/mol. The second-order valence-corrected chi connectivity index (χ2v) is 8.17. The number of nitrogens with one attached hydrogen (secondary N) is 1. The lowest BCUT2D eigenvalue weighted by atomic mass is 10.1. The number of methoxy groups -OCH3 is 1. The van der Waals surface area contributed by atoms with E-state index in [2.05, 4.69) is 17.0 Å². The van der Waals surface area contributed by atoms with Gasteiger partial charge in [-0.15, -0.1) is 0 Å². The van der Waals surface area contributed by atoms with Gasteiger partial charge in [0.05, 0.1) is 20.1 Å². The second kappa shape index (κ2) is 14.1. The highest BCUT2D eigenvalue weighted by molar-refractivity contribution is 7.48. The third-order valence-electron chi connectivity index (χ3n) is 4.10. The summed E-state index contributed by atoms with van der Waals surface area (Å²) in [5, 5.41) is 2.72. The molecule has 164 valence electrons. The molecule has 0 saturated heterocycles. The highest BCUT2D eigenvalue weighted by Crippen LogP contribution is 2.48. The van der Waals surface area contributed by atoms with Crippen LogP contribution in [0.25, 0.3) is 0 Å². The van der Waals surface area contributed by atoms with Crippen LogP contribution in [0.2, 0.25) is 0 Å². The van der Waals surface area contributed by atoms with E-state index < -0.39 is 13.8 Å². The van der Waals surface area contributed by atoms with Crippen LogP contribution < -0.4 is 9.84 Å². The number of carbonyl (C=O) groups excluding carboxylic acids is 2. The van der Waals surface area contributed by atoms with Crippen LogP contribution in [0.15, 0.2) is 24.3 Å². The van der Waals surface area contributed by atoms with Crippen molar-refractivity contribution in [2.24, 2.45) is 0 Å². The summed E-state index contributed by atoms with van der Waals surface area (Å²) in [6.07, 6.45) is 5.93. The van der Waals surface area contributed by atoms with E-state index in [-0.39, 0.29) is 31.2 Å². The summed E-state index contributed by atoms with van der Waals surface area (Å²) in [5.41, 5.74) is 0.642. The van der Waals surface area contributed by atoms with Crippen molar-refractivity contribution in [2.45, 2.75) is 51.9 Å². The number of ether oxygens (including phenoxy) is 1. The minimum atomic E-state index is -3.84. The van der Waals surface area contributed by atoms with E-state index in [1.165, 1.54) is 27.1 Å². The Labute approximate surface area is 172 Å². The van der Waals surface area contributed by atoms with Crippen LogP contribution in [-0.2, 0) is 34.4 Å². The second-order valence-electron chi connectivity index (χ2n) is 6.47. The average Bonchev–Trinajstić information content (AvgIpc) is 2.71. The molecule has 1 rings (SSSR count). The Kier molecular flexibility index (Phi) is 12.3. The van der Waals surface area contributed by atoms with Crippen LogP contribution in [0.3, 0.4) is 0 Å². The predicted octanol–water partition coefficient (Wildman–Crippen LogP) is 4.03. The van der Waals surface area contributed by atoms with Crippen molar-refractivity contribution in [3.8, 4) is 5.75 Å². The Morgan fingerprint density at radius 3 is 2.55 bits per heavy atom. The van der Waals surface area contributed by atoms with Crippen LogP contribution in [0.4, 0.5) is 0 Å². The Morgan fingerprint density at radius 1 is 1.10 bits per heavy atom. The van der Waals surface area contributed by atoms with Crippen LogP contribution in [0.1, 0.15) is 51.0 Å². The molecule has 9 heteroatoms. The highest BCUT2D eigenvalue weighted by atomic mass is 31.2. The number of unbranched alkanes of at least 4 members (excludes halogenated alkanes) is 4. The lowest BCUT2D eigenvalue weighted by Crippen LogP contribution is -2.26. The molecule has 0 fully saturated rings. The molecule has 1 amide bonds. The predicted molar refractivity (Wildman–Crippen MR) is 110 cm³/mol. The number of hydrogen-bond donors (Lipinski definition) is 1. The van der Waals surface area contributed by atoms with E-state index in [0.29, 0.717) is 12.0 Å².